The lowest BCUT2D eigenvalue weighted by molar-refractivity contribution is 0.122. The summed E-state index contributed by atoms with van der Waals surface area (Å²) in [7, 11) is 0. The number of nitrogens with one attached hydrogen (secondary N) is 2. The highest BCUT2D eigenvalue weighted by Crippen LogP contribution is 2.23. The van der Waals surface area contributed by atoms with Crippen LogP contribution in [0.1, 0.15) is 39.2 Å². The maximum atomic E-state index is 12.1. The quantitative estimate of drug-likeness (QED) is 0.575. The number of aliphatic hydroxyl groups is 1. The van der Waals surface area contributed by atoms with Crippen molar-refractivity contribution in [2.24, 2.45) is 5.41 Å². The molecule has 0 fully saturated rings. The molecule has 0 aliphatic heterocycles. The Bertz CT molecular complexity index is 542. The summed E-state index contributed by atoms with van der Waals surface area (Å²) >= 11 is 0. The molecule has 2 amide bonds. The maximum Gasteiger partial charge on any atom is 0.407 e. The third kappa shape index (κ3) is 8.39. The summed E-state index contributed by atoms with van der Waals surface area (Å²) < 4.78 is 5.24. The van der Waals surface area contributed by atoms with Gasteiger partial charge in [0.1, 0.15) is 6.61 Å². The molecule has 0 aliphatic carbocycles. The van der Waals surface area contributed by atoms with Crippen LogP contribution in [0, 0.1) is 5.41 Å². The van der Waals surface area contributed by atoms with E-state index in [1.54, 1.807) is 0 Å². The van der Waals surface area contributed by atoms with Crippen LogP contribution in [0.15, 0.2) is 30.3 Å². The highest BCUT2D eigenvalue weighted by molar-refractivity contribution is 5.67. The highest BCUT2D eigenvalue weighted by Gasteiger charge is 2.27. The van der Waals surface area contributed by atoms with Crippen molar-refractivity contribution in [2.75, 3.05) is 6.61 Å². The molecule has 0 spiro atoms. The summed E-state index contributed by atoms with van der Waals surface area (Å²) in [6.45, 7) is 5.83. The molecule has 0 radical (unpaired) electrons. The van der Waals surface area contributed by atoms with E-state index >= 15 is 0 Å². The van der Waals surface area contributed by atoms with Crippen molar-refractivity contribution in [1.29, 1.82) is 0 Å². The Morgan fingerprint density at radius 3 is 2.28 bits per heavy atom. The molecule has 140 valence electrons. The molecular formula is C18H28N2O5. The summed E-state index contributed by atoms with van der Waals surface area (Å²) in [4.78, 5) is 22.8. The fraction of sp³-hybridized carbons (Fsp3) is 0.556. The van der Waals surface area contributed by atoms with E-state index in [-0.39, 0.29) is 24.7 Å². The van der Waals surface area contributed by atoms with E-state index in [4.69, 9.17) is 9.84 Å². The number of hydrogen-bond acceptors (Lipinski definition) is 4. The first-order chi connectivity index (χ1) is 11.7. The van der Waals surface area contributed by atoms with Gasteiger partial charge in [0.05, 0.1) is 12.6 Å². The number of rotatable bonds is 8. The van der Waals surface area contributed by atoms with E-state index in [2.05, 4.69) is 10.6 Å². The van der Waals surface area contributed by atoms with Crippen LogP contribution < -0.4 is 10.6 Å². The molecule has 1 rings (SSSR count). The zero-order valence-electron chi connectivity index (χ0n) is 15.0. The number of carbonyl (C=O) groups is 2. The van der Waals surface area contributed by atoms with Crippen molar-refractivity contribution in [2.45, 2.75) is 52.3 Å². The molecule has 0 saturated carbocycles. The molecule has 0 aliphatic rings. The minimum absolute atomic E-state index is 0.184. The van der Waals surface area contributed by atoms with Gasteiger partial charge in [-0.25, -0.2) is 9.59 Å². The maximum absolute atomic E-state index is 12.1. The summed E-state index contributed by atoms with van der Waals surface area (Å²) in [6, 6.07) is 8.60. The number of carboxylic acid groups (broad SMARTS) is 1. The molecule has 0 aromatic heterocycles. The van der Waals surface area contributed by atoms with E-state index in [9.17, 15) is 14.7 Å². The monoisotopic (exact) mass is 352 g/mol. The zero-order valence-corrected chi connectivity index (χ0v) is 15.0. The van der Waals surface area contributed by atoms with Crippen molar-refractivity contribution < 1.29 is 24.5 Å². The van der Waals surface area contributed by atoms with Crippen molar-refractivity contribution in [3.8, 4) is 0 Å². The van der Waals surface area contributed by atoms with Crippen molar-refractivity contribution in [3.63, 3.8) is 0 Å². The van der Waals surface area contributed by atoms with Gasteiger partial charge in [-0.3, -0.25) is 0 Å². The van der Waals surface area contributed by atoms with Gasteiger partial charge < -0.3 is 25.6 Å². The minimum Gasteiger partial charge on any atom is -0.465 e. The van der Waals surface area contributed by atoms with Gasteiger partial charge in [-0.15, -0.1) is 0 Å². The molecule has 1 aromatic carbocycles. The average Bonchev–Trinajstić information content (AvgIpc) is 2.55. The van der Waals surface area contributed by atoms with Gasteiger partial charge in [-0.1, -0.05) is 51.1 Å². The summed E-state index contributed by atoms with van der Waals surface area (Å²) in [5, 5.41) is 23.1. The number of benzene rings is 1. The third-order valence-corrected chi connectivity index (χ3v) is 3.90. The Balaban J connectivity index is 2.54. The molecule has 25 heavy (non-hydrogen) atoms. The predicted molar refractivity (Wildman–Crippen MR) is 94.3 cm³/mol. The van der Waals surface area contributed by atoms with E-state index in [0.717, 1.165) is 5.56 Å². The van der Waals surface area contributed by atoms with Crippen LogP contribution in [0.2, 0.25) is 0 Å². The topological polar surface area (TPSA) is 108 Å². The Labute approximate surface area is 148 Å². The molecule has 0 unspecified atom stereocenters. The van der Waals surface area contributed by atoms with Crippen LogP contribution in [-0.4, -0.2) is 41.1 Å². The number of alkyl carbamates (subject to hydrolysis) is 1. The zero-order chi connectivity index (χ0) is 18.9. The Kier molecular flexibility index (Phi) is 8.21. The third-order valence-electron chi connectivity index (χ3n) is 3.90. The van der Waals surface area contributed by atoms with Gasteiger partial charge in [-0.05, 0) is 23.8 Å². The van der Waals surface area contributed by atoms with Crippen molar-refractivity contribution >= 4 is 12.2 Å². The lowest BCUT2D eigenvalue weighted by Crippen LogP contribution is -2.45. The van der Waals surface area contributed by atoms with Gasteiger partial charge in [0.15, 0.2) is 0 Å². The van der Waals surface area contributed by atoms with Crippen LogP contribution >= 0.6 is 0 Å². The fourth-order valence-electron chi connectivity index (χ4n) is 2.38. The predicted octanol–water partition coefficient (Wildman–Crippen LogP) is 2.74. The second-order valence-electron chi connectivity index (χ2n) is 7.03. The normalized spacial score (nSPS) is 13.6. The van der Waals surface area contributed by atoms with E-state index in [1.165, 1.54) is 0 Å². The second-order valence-corrected chi connectivity index (χ2v) is 7.03. The van der Waals surface area contributed by atoms with Gasteiger partial charge in [-0.2, -0.15) is 0 Å². The Morgan fingerprint density at radius 1 is 1.12 bits per heavy atom. The number of aliphatic hydroxyl groups excluding tert-OH is 1. The van der Waals surface area contributed by atoms with E-state index in [1.807, 2.05) is 51.1 Å². The van der Waals surface area contributed by atoms with Crippen LogP contribution in [0.3, 0.4) is 0 Å². The Morgan fingerprint density at radius 2 is 1.76 bits per heavy atom. The van der Waals surface area contributed by atoms with Crippen LogP contribution in [0.5, 0.6) is 0 Å². The Hall–Kier alpha value is -2.28. The first-order valence-corrected chi connectivity index (χ1v) is 8.30. The van der Waals surface area contributed by atoms with Crippen LogP contribution in [0.4, 0.5) is 9.59 Å². The van der Waals surface area contributed by atoms with Gasteiger partial charge in [0, 0.05) is 6.04 Å². The molecule has 2 atom stereocenters. The SMILES string of the molecule is CC(C)(C)[C@H](CC[C@H](CO)NC(=O)O)NC(=O)OCc1ccccc1. The van der Waals surface area contributed by atoms with E-state index in [0.29, 0.717) is 12.8 Å². The minimum atomic E-state index is -1.18. The number of amides is 2. The first kappa shape index (κ1) is 20.8. The van der Waals surface area contributed by atoms with Crippen LogP contribution in [0.25, 0.3) is 0 Å². The van der Waals surface area contributed by atoms with Gasteiger partial charge >= 0.3 is 12.2 Å². The molecule has 0 bridgehead atoms. The molecule has 7 heteroatoms. The largest absolute Gasteiger partial charge is 0.465 e. The molecule has 0 saturated heterocycles. The lowest BCUT2D eigenvalue weighted by Gasteiger charge is -2.32. The molecular weight excluding hydrogens is 324 g/mol. The molecule has 4 N–H and O–H groups in total. The van der Waals surface area contributed by atoms with Gasteiger partial charge in [0.25, 0.3) is 0 Å². The lowest BCUT2D eigenvalue weighted by atomic mass is 9.83. The van der Waals surface area contributed by atoms with Crippen LogP contribution in [-0.2, 0) is 11.3 Å². The van der Waals surface area contributed by atoms with Crippen molar-refractivity contribution in [3.05, 3.63) is 35.9 Å². The highest BCUT2D eigenvalue weighted by atomic mass is 16.5. The fourth-order valence-corrected chi connectivity index (χ4v) is 2.38. The second kappa shape index (κ2) is 9.88. The number of hydrogen-bond donors (Lipinski definition) is 4. The number of ether oxygens (including phenoxy) is 1. The summed E-state index contributed by atoms with van der Waals surface area (Å²) in [5.74, 6) is 0. The average molecular weight is 352 g/mol. The smallest absolute Gasteiger partial charge is 0.407 e. The molecule has 0 heterocycles. The van der Waals surface area contributed by atoms with E-state index < -0.39 is 18.2 Å². The molecule has 7 nitrogen and oxygen atoms in total. The summed E-state index contributed by atoms with van der Waals surface area (Å²) in [5.41, 5.74) is 0.658. The van der Waals surface area contributed by atoms with Gasteiger partial charge in [0.2, 0.25) is 0 Å². The first-order valence-electron chi connectivity index (χ1n) is 8.30. The molecule has 1 aromatic rings. The number of carbonyl (C=O) groups excluding carboxylic acids is 1. The van der Waals surface area contributed by atoms with Crippen molar-refractivity contribution in [1.82, 2.24) is 10.6 Å². The summed E-state index contributed by atoms with van der Waals surface area (Å²) in [6.07, 6.45) is -0.781. The standard InChI is InChI=1S/C18H28N2O5/c1-18(2,3)15(10-9-14(11-21)19-16(22)23)20-17(24)25-12-13-7-5-4-6-8-13/h4-8,14-15,19,21H,9-12H2,1-3H3,(H,20,24)(H,22,23)/t14-,15+/m1/s1.